The van der Waals surface area contributed by atoms with Crippen LogP contribution >= 0.6 is 11.6 Å². The number of hydrogen-bond donors (Lipinski definition) is 0. The molecule has 0 aromatic heterocycles. The quantitative estimate of drug-likeness (QED) is 0.834. The van der Waals surface area contributed by atoms with Crippen molar-refractivity contribution in [3.63, 3.8) is 0 Å². The van der Waals surface area contributed by atoms with E-state index in [0.717, 1.165) is 11.1 Å². The Kier molecular flexibility index (Phi) is 5.25. The summed E-state index contributed by atoms with van der Waals surface area (Å²) in [5, 5.41) is 0.600. The highest BCUT2D eigenvalue weighted by Gasteiger charge is 2.36. The number of benzene rings is 2. The molecular weight excluding hydrogens is 346 g/mol. The molecule has 1 aliphatic heterocycles. The Morgan fingerprint density at radius 2 is 1.92 bits per heavy atom. The van der Waals surface area contributed by atoms with E-state index in [1.807, 2.05) is 49.4 Å². The van der Waals surface area contributed by atoms with E-state index in [4.69, 9.17) is 16.3 Å². The fourth-order valence-electron chi connectivity index (χ4n) is 3.02. The van der Waals surface area contributed by atoms with Gasteiger partial charge >= 0.3 is 0 Å². The van der Waals surface area contributed by atoms with Crippen LogP contribution in [0, 0.1) is 0 Å². The van der Waals surface area contributed by atoms with Crippen LogP contribution in [0.2, 0.25) is 5.02 Å². The van der Waals surface area contributed by atoms with E-state index in [2.05, 4.69) is 0 Å². The van der Waals surface area contributed by atoms with Crippen molar-refractivity contribution in [3.8, 4) is 0 Å². The monoisotopic (exact) mass is 365 g/mol. The zero-order valence-corrected chi connectivity index (χ0v) is 15.0. The van der Waals surface area contributed by atoms with Crippen molar-refractivity contribution in [2.45, 2.75) is 25.6 Å². The Morgan fingerprint density at radius 1 is 1.17 bits per heavy atom. The predicted octanol–water partition coefficient (Wildman–Crippen LogP) is 3.63. The SMILES string of the molecule is C[C@@H]1[C@H](c2ccccc2)OCCS(=O)(=O)N1Cc1cccc(Cl)c1. The van der Waals surface area contributed by atoms with Crippen LogP contribution in [0.1, 0.15) is 24.2 Å². The van der Waals surface area contributed by atoms with Gasteiger partial charge in [0.2, 0.25) is 10.0 Å². The summed E-state index contributed by atoms with van der Waals surface area (Å²) in [6, 6.07) is 16.7. The molecule has 0 spiro atoms. The van der Waals surface area contributed by atoms with Crippen LogP contribution in [-0.4, -0.2) is 31.1 Å². The fourth-order valence-corrected chi connectivity index (χ4v) is 4.73. The molecule has 0 aliphatic carbocycles. The third kappa shape index (κ3) is 3.81. The van der Waals surface area contributed by atoms with E-state index < -0.39 is 10.0 Å². The van der Waals surface area contributed by atoms with Gasteiger partial charge in [0, 0.05) is 11.6 Å². The van der Waals surface area contributed by atoms with Crippen LogP contribution in [0.25, 0.3) is 0 Å². The minimum atomic E-state index is -3.40. The zero-order valence-electron chi connectivity index (χ0n) is 13.4. The Labute approximate surface area is 148 Å². The maximum absolute atomic E-state index is 12.7. The first-order valence-electron chi connectivity index (χ1n) is 7.88. The molecule has 1 saturated heterocycles. The van der Waals surface area contributed by atoms with E-state index in [-0.39, 0.29) is 31.1 Å². The molecule has 0 unspecified atom stereocenters. The summed E-state index contributed by atoms with van der Waals surface area (Å²) < 4.78 is 32.8. The van der Waals surface area contributed by atoms with E-state index >= 15 is 0 Å². The van der Waals surface area contributed by atoms with E-state index in [1.54, 1.807) is 12.1 Å². The number of nitrogens with zero attached hydrogens (tertiary/aromatic N) is 1. The van der Waals surface area contributed by atoms with Gasteiger partial charge in [0.05, 0.1) is 24.5 Å². The van der Waals surface area contributed by atoms with Gasteiger partial charge in [-0.05, 0) is 30.2 Å². The van der Waals surface area contributed by atoms with Gasteiger partial charge in [-0.15, -0.1) is 0 Å². The minimum absolute atomic E-state index is 0.0127. The maximum atomic E-state index is 12.7. The first-order valence-corrected chi connectivity index (χ1v) is 9.86. The van der Waals surface area contributed by atoms with Gasteiger partial charge in [0.15, 0.2) is 0 Å². The number of halogens is 1. The maximum Gasteiger partial charge on any atom is 0.217 e. The van der Waals surface area contributed by atoms with Gasteiger partial charge in [-0.25, -0.2) is 8.42 Å². The summed E-state index contributed by atoms with van der Waals surface area (Å²) in [4.78, 5) is 0. The average molecular weight is 366 g/mol. The van der Waals surface area contributed by atoms with Crippen LogP contribution in [0.5, 0.6) is 0 Å². The summed E-state index contributed by atoms with van der Waals surface area (Å²) in [5.41, 5.74) is 1.85. The summed E-state index contributed by atoms with van der Waals surface area (Å²) in [5.74, 6) is -0.0127. The molecule has 1 heterocycles. The van der Waals surface area contributed by atoms with Crippen molar-refractivity contribution in [2.24, 2.45) is 0 Å². The number of ether oxygens (including phenoxy) is 1. The molecule has 0 N–H and O–H groups in total. The lowest BCUT2D eigenvalue weighted by molar-refractivity contribution is 0.0269. The van der Waals surface area contributed by atoms with Crippen LogP contribution in [0.15, 0.2) is 54.6 Å². The Bertz CT molecular complexity index is 795. The standard InChI is InChI=1S/C18H20ClNO3S/c1-14-18(16-7-3-2-4-8-16)23-10-11-24(21,22)20(14)13-15-6-5-9-17(19)12-15/h2-9,12,14,18H,10-11,13H2,1H3/t14-,18-/m1/s1. The molecule has 128 valence electrons. The highest BCUT2D eigenvalue weighted by Crippen LogP contribution is 2.31. The third-order valence-electron chi connectivity index (χ3n) is 4.24. The molecule has 6 heteroatoms. The molecule has 0 bridgehead atoms. The Morgan fingerprint density at radius 3 is 2.62 bits per heavy atom. The fraction of sp³-hybridized carbons (Fsp3) is 0.333. The molecular formula is C18H20ClNO3S. The van der Waals surface area contributed by atoms with E-state index in [9.17, 15) is 8.42 Å². The molecule has 0 radical (unpaired) electrons. The highest BCUT2D eigenvalue weighted by molar-refractivity contribution is 7.89. The Balaban J connectivity index is 1.93. The number of rotatable bonds is 3. The van der Waals surface area contributed by atoms with Gasteiger partial charge < -0.3 is 4.74 Å². The topological polar surface area (TPSA) is 46.6 Å². The predicted molar refractivity (Wildman–Crippen MR) is 95.4 cm³/mol. The lowest BCUT2D eigenvalue weighted by Crippen LogP contribution is -2.40. The largest absolute Gasteiger partial charge is 0.371 e. The van der Waals surface area contributed by atoms with Crippen molar-refractivity contribution in [1.82, 2.24) is 4.31 Å². The van der Waals surface area contributed by atoms with Crippen molar-refractivity contribution >= 4 is 21.6 Å². The van der Waals surface area contributed by atoms with Gasteiger partial charge in [-0.3, -0.25) is 0 Å². The van der Waals surface area contributed by atoms with E-state index in [0.29, 0.717) is 5.02 Å². The molecule has 0 amide bonds. The summed E-state index contributed by atoms with van der Waals surface area (Å²) in [6.07, 6.45) is -0.289. The van der Waals surface area contributed by atoms with Crippen molar-refractivity contribution in [1.29, 1.82) is 0 Å². The second-order valence-electron chi connectivity index (χ2n) is 5.93. The van der Waals surface area contributed by atoms with E-state index in [1.165, 1.54) is 4.31 Å². The highest BCUT2D eigenvalue weighted by atomic mass is 35.5. The molecule has 4 nitrogen and oxygen atoms in total. The van der Waals surface area contributed by atoms with Gasteiger partial charge in [0.25, 0.3) is 0 Å². The molecule has 2 atom stereocenters. The molecule has 2 aromatic carbocycles. The minimum Gasteiger partial charge on any atom is -0.371 e. The van der Waals surface area contributed by atoms with Gasteiger partial charge in [-0.2, -0.15) is 4.31 Å². The molecule has 3 rings (SSSR count). The second kappa shape index (κ2) is 7.23. The van der Waals surface area contributed by atoms with Gasteiger partial charge in [0.1, 0.15) is 0 Å². The van der Waals surface area contributed by atoms with Crippen molar-refractivity contribution in [3.05, 3.63) is 70.7 Å². The van der Waals surface area contributed by atoms with Gasteiger partial charge in [-0.1, -0.05) is 54.1 Å². The normalized spacial score (nSPS) is 24.4. The molecule has 2 aromatic rings. The lowest BCUT2D eigenvalue weighted by Gasteiger charge is -2.30. The van der Waals surface area contributed by atoms with Crippen molar-refractivity contribution in [2.75, 3.05) is 12.4 Å². The molecule has 1 aliphatic rings. The molecule has 1 fully saturated rings. The molecule has 0 saturated carbocycles. The smallest absolute Gasteiger partial charge is 0.217 e. The third-order valence-corrected chi connectivity index (χ3v) is 6.34. The number of sulfonamides is 1. The van der Waals surface area contributed by atoms with Crippen molar-refractivity contribution < 1.29 is 13.2 Å². The zero-order chi connectivity index (χ0) is 17.2. The first kappa shape index (κ1) is 17.4. The second-order valence-corrected chi connectivity index (χ2v) is 8.41. The summed E-state index contributed by atoms with van der Waals surface area (Å²) in [7, 11) is -3.40. The lowest BCUT2D eigenvalue weighted by atomic mass is 10.0. The Hall–Kier alpha value is -1.40. The summed E-state index contributed by atoms with van der Waals surface area (Å²) >= 11 is 6.03. The summed E-state index contributed by atoms with van der Waals surface area (Å²) in [6.45, 7) is 2.38. The number of hydrogen-bond acceptors (Lipinski definition) is 3. The van der Waals surface area contributed by atoms with Crippen LogP contribution in [-0.2, 0) is 21.3 Å². The molecule has 24 heavy (non-hydrogen) atoms. The van der Waals surface area contributed by atoms with Crippen LogP contribution in [0.3, 0.4) is 0 Å². The first-order chi connectivity index (χ1) is 11.5. The van der Waals surface area contributed by atoms with Crippen LogP contribution < -0.4 is 0 Å². The average Bonchev–Trinajstić information content (AvgIpc) is 2.67. The van der Waals surface area contributed by atoms with Crippen LogP contribution in [0.4, 0.5) is 0 Å².